The van der Waals surface area contributed by atoms with Gasteiger partial charge in [0.2, 0.25) is 5.91 Å². The Morgan fingerprint density at radius 1 is 1.30 bits per heavy atom. The Labute approximate surface area is 120 Å². The van der Waals surface area contributed by atoms with Gasteiger partial charge in [0.1, 0.15) is 5.75 Å². The largest absolute Gasteiger partial charge is 0.496 e. The van der Waals surface area contributed by atoms with Gasteiger partial charge in [0, 0.05) is 11.7 Å². The molecule has 0 aromatic heterocycles. The number of nitrogens with one attached hydrogen (secondary N) is 2. The van der Waals surface area contributed by atoms with E-state index in [0.717, 1.165) is 29.8 Å². The first-order valence-electron chi connectivity index (χ1n) is 7.37. The van der Waals surface area contributed by atoms with Gasteiger partial charge in [0.05, 0.1) is 13.7 Å². The Bertz CT molecular complexity index is 454. The molecule has 0 bridgehead atoms. The van der Waals surface area contributed by atoms with Gasteiger partial charge in [-0.05, 0) is 43.5 Å². The van der Waals surface area contributed by atoms with E-state index >= 15 is 0 Å². The van der Waals surface area contributed by atoms with Crippen LogP contribution in [0.3, 0.4) is 0 Å². The second kappa shape index (κ2) is 7.17. The molecule has 2 N–H and O–H groups in total. The summed E-state index contributed by atoms with van der Waals surface area (Å²) in [6.07, 6.45) is 6.00. The van der Waals surface area contributed by atoms with Gasteiger partial charge in [-0.3, -0.25) is 4.79 Å². The summed E-state index contributed by atoms with van der Waals surface area (Å²) < 4.78 is 5.22. The maximum atomic E-state index is 11.9. The molecular formula is C16H24N2O2. The van der Waals surface area contributed by atoms with E-state index in [0.29, 0.717) is 12.6 Å². The molecule has 20 heavy (non-hydrogen) atoms. The zero-order valence-electron chi connectivity index (χ0n) is 12.4. The maximum absolute atomic E-state index is 11.9. The molecule has 0 aliphatic heterocycles. The average molecular weight is 276 g/mol. The second-order valence-electron chi connectivity index (χ2n) is 5.44. The number of hydrogen-bond donors (Lipinski definition) is 2. The molecule has 0 saturated heterocycles. The van der Waals surface area contributed by atoms with E-state index in [1.165, 1.54) is 19.3 Å². The summed E-state index contributed by atoms with van der Waals surface area (Å²) in [7, 11) is 1.66. The fourth-order valence-corrected chi connectivity index (χ4v) is 2.70. The predicted octanol–water partition coefficient (Wildman–Crippen LogP) is 2.86. The van der Waals surface area contributed by atoms with Crippen LogP contribution in [0.2, 0.25) is 0 Å². The van der Waals surface area contributed by atoms with E-state index in [9.17, 15) is 4.79 Å². The maximum Gasteiger partial charge on any atom is 0.239 e. The van der Waals surface area contributed by atoms with E-state index in [4.69, 9.17) is 4.74 Å². The summed E-state index contributed by atoms with van der Waals surface area (Å²) in [6.45, 7) is 2.31. The molecular weight excluding hydrogens is 252 g/mol. The van der Waals surface area contributed by atoms with Crippen molar-refractivity contribution in [2.75, 3.05) is 19.0 Å². The first-order chi connectivity index (χ1) is 9.69. The van der Waals surface area contributed by atoms with E-state index in [-0.39, 0.29) is 5.91 Å². The summed E-state index contributed by atoms with van der Waals surface area (Å²) in [5, 5.41) is 6.26. The van der Waals surface area contributed by atoms with Gasteiger partial charge in [-0.1, -0.05) is 19.3 Å². The molecule has 1 aliphatic carbocycles. The normalized spacial score (nSPS) is 15.7. The zero-order chi connectivity index (χ0) is 14.4. The molecule has 0 radical (unpaired) electrons. The fraction of sp³-hybridized carbons (Fsp3) is 0.562. The topological polar surface area (TPSA) is 50.4 Å². The molecule has 1 aromatic carbocycles. The SMILES string of the molecule is COc1ccc(NCC(=O)NC2CCCCC2)cc1C. The number of anilines is 1. The average Bonchev–Trinajstić information content (AvgIpc) is 2.46. The first-order valence-corrected chi connectivity index (χ1v) is 7.37. The third kappa shape index (κ3) is 4.15. The van der Waals surface area contributed by atoms with Crippen molar-refractivity contribution in [1.82, 2.24) is 5.32 Å². The molecule has 0 spiro atoms. The number of amides is 1. The minimum absolute atomic E-state index is 0.0744. The van der Waals surface area contributed by atoms with E-state index in [1.54, 1.807) is 7.11 Å². The Morgan fingerprint density at radius 2 is 2.05 bits per heavy atom. The van der Waals surface area contributed by atoms with Crippen molar-refractivity contribution in [1.29, 1.82) is 0 Å². The quantitative estimate of drug-likeness (QED) is 0.869. The molecule has 110 valence electrons. The van der Waals surface area contributed by atoms with Crippen LogP contribution in [-0.4, -0.2) is 25.6 Å². The monoisotopic (exact) mass is 276 g/mol. The number of aryl methyl sites for hydroxylation is 1. The smallest absolute Gasteiger partial charge is 0.239 e. The van der Waals surface area contributed by atoms with Crippen LogP contribution >= 0.6 is 0 Å². The van der Waals surface area contributed by atoms with Crippen LogP contribution in [0.5, 0.6) is 5.75 Å². The fourth-order valence-electron chi connectivity index (χ4n) is 2.70. The lowest BCUT2D eigenvalue weighted by Gasteiger charge is -2.22. The van der Waals surface area contributed by atoms with Crippen molar-refractivity contribution >= 4 is 11.6 Å². The van der Waals surface area contributed by atoms with Gasteiger partial charge < -0.3 is 15.4 Å². The molecule has 0 unspecified atom stereocenters. The highest BCUT2D eigenvalue weighted by Crippen LogP contribution is 2.21. The number of ether oxygens (including phenoxy) is 1. The highest BCUT2D eigenvalue weighted by Gasteiger charge is 2.15. The van der Waals surface area contributed by atoms with Crippen LogP contribution in [0, 0.1) is 6.92 Å². The Hall–Kier alpha value is -1.71. The number of carbonyl (C=O) groups is 1. The molecule has 4 nitrogen and oxygen atoms in total. The molecule has 1 saturated carbocycles. The lowest BCUT2D eigenvalue weighted by atomic mass is 9.95. The molecule has 0 atom stereocenters. The Kier molecular flexibility index (Phi) is 5.27. The molecule has 4 heteroatoms. The molecule has 1 aromatic rings. The van der Waals surface area contributed by atoms with Crippen molar-refractivity contribution in [3.05, 3.63) is 23.8 Å². The second-order valence-corrected chi connectivity index (χ2v) is 5.44. The molecule has 1 aliphatic rings. The van der Waals surface area contributed by atoms with Gasteiger partial charge in [-0.25, -0.2) is 0 Å². The third-order valence-corrected chi connectivity index (χ3v) is 3.82. The summed E-state index contributed by atoms with van der Waals surface area (Å²) >= 11 is 0. The van der Waals surface area contributed by atoms with Crippen LogP contribution < -0.4 is 15.4 Å². The van der Waals surface area contributed by atoms with Crippen LogP contribution in [0.25, 0.3) is 0 Å². The number of methoxy groups -OCH3 is 1. The van der Waals surface area contributed by atoms with Gasteiger partial charge >= 0.3 is 0 Å². The van der Waals surface area contributed by atoms with Gasteiger partial charge in [0.25, 0.3) is 0 Å². The first kappa shape index (κ1) is 14.7. The molecule has 1 amide bonds. The van der Waals surface area contributed by atoms with Crippen LogP contribution in [0.15, 0.2) is 18.2 Å². The van der Waals surface area contributed by atoms with Crippen molar-refractivity contribution in [2.24, 2.45) is 0 Å². The standard InChI is InChI=1S/C16H24N2O2/c1-12-10-14(8-9-15(12)20-2)17-11-16(19)18-13-6-4-3-5-7-13/h8-10,13,17H,3-7,11H2,1-2H3,(H,18,19). The number of rotatable bonds is 5. The van der Waals surface area contributed by atoms with E-state index in [2.05, 4.69) is 10.6 Å². The third-order valence-electron chi connectivity index (χ3n) is 3.82. The summed E-state index contributed by atoms with van der Waals surface area (Å²) in [6, 6.07) is 6.21. The van der Waals surface area contributed by atoms with Crippen molar-refractivity contribution in [3.8, 4) is 5.75 Å². The molecule has 2 rings (SSSR count). The number of hydrogen-bond acceptors (Lipinski definition) is 3. The van der Waals surface area contributed by atoms with Crippen molar-refractivity contribution < 1.29 is 9.53 Å². The predicted molar refractivity (Wildman–Crippen MR) is 81.2 cm³/mol. The van der Waals surface area contributed by atoms with Crippen LogP contribution in [0.4, 0.5) is 5.69 Å². The summed E-state index contributed by atoms with van der Waals surface area (Å²) in [4.78, 5) is 11.9. The lowest BCUT2D eigenvalue weighted by Crippen LogP contribution is -2.39. The van der Waals surface area contributed by atoms with Gasteiger partial charge in [-0.15, -0.1) is 0 Å². The summed E-state index contributed by atoms with van der Waals surface area (Å²) in [5.74, 6) is 0.938. The van der Waals surface area contributed by atoms with Crippen LogP contribution in [0.1, 0.15) is 37.7 Å². The highest BCUT2D eigenvalue weighted by atomic mass is 16.5. The molecule has 1 fully saturated rings. The minimum atomic E-state index is 0.0744. The zero-order valence-corrected chi connectivity index (χ0v) is 12.4. The van der Waals surface area contributed by atoms with Crippen LogP contribution in [-0.2, 0) is 4.79 Å². The van der Waals surface area contributed by atoms with Crippen molar-refractivity contribution in [3.63, 3.8) is 0 Å². The Morgan fingerprint density at radius 3 is 2.70 bits per heavy atom. The number of carbonyl (C=O) groups excluding carboxylic acids is 1. The summed E-state index contributed by atoms with van der Waals surface area (Å²) in [5.41, 5.74) is 2.01. The van der Waals surface area contributed by atoms with Crippen molar-refractivity contribution in [2.45, 2.75) is 45.1 Å². The minimum Gasteiger partial charge on any atom is -0.496 e. The number of benzene rings is 1. The Balaban J connectivity index is 1.79. The van der Waals surface area contributed by atoms with Gasteiger partial charge in [-0.2, -0.15) is 0 Å². The van der Waals surface area contributed by atoms with Gasteiger partial charge in [0.15, 0.2) is 0 Å². The lowest BCUT2D eigenvalue weighted by molar-refractivity contribution is -0.120. The van der Waals surface area contributed by atoms with E-state index < -0.39 is 0 Å². The molecule has 0 heterocycles. The van der Waals surface area contributed by atoms with E-state index in [1.807, 2.05) is 25.1 Å². The highest BCUT2D eigenvalue weighted by molar-refractivity contribution is 5.81.